The van der Waals surface area contributed by atoms with Crippen molar-refractivity contribution in [3.63, 3.8) is 0 Å². The van der Waals surface area contributed by atoms with Crippen LogP contribution in [0.4, 0.5) is 11.4 Å². The molecule has 0 unspecified atom stereocenters. The smallest absolute Gasteiger partial charge is 0.335 e. The maximum atomic E-state index is 13.1. The highest BCUT2D eigenvalue weighted by molar-refractivity contribution is 6.34. The lowest BCUT2D eigenvalue weighted by Gasteiger charge is -2.17. The van der Waals surface area contributed by atoms with Gasteiger partial charge in [0.1, 0.15) is 11.3 Å². The summed E-state index contributed by atoms with van der Waals surface area (Å²) in [4.78, 5) is 43.2. The van der Waals surface area contributed by atoms with E-state index < -0.39 is 17.8 Å². The number of hydrogen-bond acceptors (Lipinski definition) is 7. The second-order valence-electron chi connectivity index (χ2n) is 8.02. The number of amides is 2. The molecule has 2 heterocycles. The number of anilines is 2. The van der Waals surface area contributed by atoms with E-state index in [-0.39, 0.29) is 16.7 Å². The molecular formula is C26H21N3O6. The van der Waals surface area contributed by atoms with E-state index in [1.54, 1.807) is 43.5 Å². The summed E-state index contributed by atoms with van der Waals surface area (Å²) < 4.78 is 11.3. The van der Waals surface area contributed by atoms with E-state index in [1.807, 2.05) is 6.92 Å². The Kier molecular flexibility index (Phi) is 5.44. The molecule has 1 aliphatic heterocycles. The first kappa shape index (κ1) is 22.1. The molecule has 1 aromatic heterocycles. The van der Waals surface area contributed by atoms with E-state index in [9.17, 15) is 19.5 Å². The number of imide groups is 1. The summed E-state index contributed by atoms with van der Waals surface area (Å²) in [5, 5.41) is 12.6. The van der Waals surface area contributed by atoms with E-state index >= 15 is 0 Å². The molecule has 0 atom stereocenters. The zero-order chi connectivity index (χ0) is 24.7. The first-order valence-corrected chi connectivity index (χ1v) is 11.0. The number of nitrogens with one attached hydrogen (secondary N) is 1. The molecule has 35 heavy (non-hydrogen) atoms. The van der Waals surface area contributed by atoms with Gasteiger partial charge in [-0.05, 0) is 55.0 Å². The summed E-state index contributed by atoms with van der Waals surface area (Å²) in [7, 11) is 1.57. The van der Waals surface area contributed by atoms with Crippen molar-refractivity contribution in [1.29, 1.82) is 0 Å². The van der Waals surface area contributed by atoms with Crippen molar-refractivity contribution in [2.75, 3.05) is 23.9 Å². The van der Waals surface area contributed by atoms with Crippen LogP contribution in [-0.4, -0.2) is 41.5 Å². The monoisotopic (exact) mass is 471 g/mol. The summed E-state index contributed by atoms with van der Waals surface area (Å²) >= 11 is 0. The molecule has 2 N–H and O–H groups in total. The number of oxazole rings is 1. The van der Waals surface area contributed by atoms with Crippen molar-refractivity contribution in [2.24, 2.45) is 0 Å². The van der Waals surface area contributed by atoms with Crippen LogP contribution in [0.2, 0.25) is 0 Å². The number of carboxylic acid groups (broad SMARTS) is 1. The lowest BCUT2D eigenvalue weighted by Crippen LogP contribution is -2.29. The number of nitrogens with zero attached hydrogens (tertiary/aromatic N) is 2. The minimum atomic E-state index is -1.17. The zero-order valence-corrected chi connectivity index (χ0v) is 19.0. The molecule has 0 radical (unpaired) electrons. The van der Waals surface area contributed by atoms with Gasteiger partial charge >= 0.3 is 5.97 Å². The highest BCUT2D eigenvalue weighted by atomic mass is 16.5. The second-order valence-corrected chi connectivity index (χ2v) is 8.02. The molecule has 3 aromatic carbocycles. The van der Waals surface area contributed by atoms with E-state index in [1.165, 1.54) is 18.2 Å². The van der Waals surface area contributed by atoms with Crippen molar-refractivity contribution in [3.05, 3.63) is 71.3 Å². The summed E-state index contributed by atoms with van der Waals surface area (Å²) in [6, 6.07) is 14.3. The largest absolute Gasteiger partial charge is 0.497 e. The van der Waals surface area contributed by atoms with Crippen molar-refractivity contribution < 1.29 is 28.6 Å². The van der Waals surface area contributed by atoms with E-state index in [2.05, 4.69) is 10.3 Å². The van der Waals surface area contributed by atoms with Crippen LogP contribution >= 0.6 is 0 Å². The van der Waals surface area contributed by atoms with Crippen LogP contribution in [0.15, 0.2) is 59.0 Å². The zero-order valence-electron chi connectivity index (χ0n) is 19.0. The third-order valence-electron chi connectivity index (χ3n) is 5.79. The predicted molar refractivity (Wildman–Crippen MR) is 129 cm³/mol. The molecule has 2 amide bonds. The molecule has 0 saturated carbocycles. The van der Waals surface area contributed by atoms with Crippen LogP contribution < -0.4 is 15.0 Å². The Morgan fingerprint density at radius 1 is 1.03 bits per heavy atom. The number of fused-ring (bicyclic) bond motifs is 2. The van der Waals surface area contributed by atoms with Gasteiger partial charge in [0.05, 0.1) is 35.1 Å². The standard InChI is InChI=1S/C26H21N3O6/c1-3-10-27-20-8-5-15(12-19(20)23-28-21-13-16(34-2)6-9-22(21)35-23)29-24(30)17-7-4-14(26(32)33)11-18(17)25(29)31/h4-9,11-13,27H,3,10H2,1-2H3,(H,32,33). The van der Waals surface area contributed by atoms with Gasteiger partial charge in [-0.2, -0.15) is 0 Å². The number of carbonyl (C=O) groups excluding carboxylic acids is 2. The highest BCUT2D eigenvalue weighted by Gasteiger charge is 2.37. The van der Waals surface area contributed by atoms with Gasteiger partial charge in [-0.15, -0.1) is 0 Å². The third-order valence-corrected chi connectivity index (χ3v) is 5.79. The molecule has 0 aliphatic carbocycles. The second kappa shape index (κ2) is 8.60. The molecule has 4 aromatic rings. The fraction of sp³-hybridized carbons (Fsp3) is 0.154. The van der Waals surface area contributed by atoms with E-state index in [0.29, 0.717) is 40.5 Å². The van der Waals surface area contributed by atoms with Crippen molar-refractivity contribution in [2.45, 2.75) is 13.3 Å². The molecule has 9 nitrogen and oxygen atoms in total. The fourth-order valence-corrected chi connectivity index (χ4v) is 4.02. The maximum absolute atomic E-state index is 13.1. The average molecular weight is 471 g/mol. The summed E-state index contributed by atoms with van der Waals surface area (Å²) in [5.74, 6) is -1.33. The molecule has 0 saturated heterocycles. The topological polar surface area (TPSA) is 122 Å². The minimum absolute atomic E-state index is 0.0543. The Morgan fingerprint density at radius 2 is 1.83 bits per heavy atom. The minimum Gasteiger partial charge on any atom is -0.497 e. The number of benzene rings is 3. The molecule has 9 heteroatoms. The number of hydrogen-bond donors (Lipinski definition) is 2. The molecule has 176 valence electrons. The number of ether oxygens (including phenoxy) is 1. The van der Waals surface area contributed by atoms with Crippen LogP contribution in [0.3, 0.4) is 0 Å². The Labute approximate surface area is 199 Å². The molecule has 0 bridgehead atoms. The van der Waals surface area contributed by atoms with E-state index in [0.717, 1.165) is 17.0 Å². The number of rotatable bonds is 7. The maximum Gasteiger partial charge on any atom is 0.335 e. The Hall–Kier alpha value is -4.66. The number of methoxy groups -OCH3 is 1. The quantitative estimate of drug-likeness (QED) is 0.368. The highest BCUT2D eigenvalue weighted by Crippen LogP contribution is 2.37. The molecule has 5 rings (SSSR count). The van der Waals surface area contributed by atoms with E-state index in [4.69, 9.17) is 9.15 Å². The van der Waals surface area contributed by atoms with Gasteiger partial charge in [0.25, 0.3) is 11.8 Å². The van der Waals surface area contributed by atoms with Gasteiger partial charge in [-0.25, -0.2) is 14.7 Å². The normalized spacial score (nSPS) is 12.8. The number of carboxylic acids is 1. The van der Waals surface area contributed by atoms with Crippen molar-refractivity contribution >= 4 is 40.3 Å². The van der Waals surface area contributed by atoms with Crippen LogP contribution in [0, 0.1) is 0 Å². The van der Waals surface area contributed by atoms with Gasteiger partial charge in [0.2, 0.25) is 5.89 Å². The first-order valence-electron chi connectivity index (χ1n) is 11.0. The SMILES string of the molecule is CCCNc1ccc(N2C(=O)c3ccc(C(=O)O)cc3C2=O)cc1-c1nc2cc(OC)ccc2o1. The Bertz CT molecular complexity index is 1510. The summed E-state index contributed by atoms with van der Waals surface area (Å²) in [5.41, 5.74) is 2.95. The predicted octanol–water partition coefficient (Wildman–Crippen LogP) is 4.82. The number of carbonyl (C=O) groups is 3. The first-order chi connectivity index (χ1) is 16.9. The van der Waals surface area contributed by atoms with Crippen LogP contribution in [0.5, 0.6) is 5.75 Å². The van der Waals surface area contributed by atoms with Gasteiger partial charge < -0.3 is 19.6 Å². The summed E-state index contributed by atoms with van der Waals surface area (Å²) in [6.07, 6.45) is 0.885. The number of aromatic carboxylic acids is 1. The lowest BCUT2D eigenvalue weighted by molar-refractivity contribution is 0.0696. The van der Waals surface area contributed by atoms with Gasteiger partial charge in [-0.1, -0.05) is 6.92 Å². The molecule has 1 aliphatic rings. The molecule has 0 spiro atoms. The summed E-state index contributed by atoms with van der Waals surface area (Å²) in [6.45, 7) is 2.74. The fourth-order valence-electron chi connectivity index (χ4n) is 4.02. The number of aromatic nitrogens is 1. The van der Waals surface area contributed by atoms with Gasteiger partial charge in [0, 0.05) is 18.3 Å². The van der Waals surface area contributed by atoms with Gasteiger partial charge in [-0.3, -0.25) is 9.59 Å². The average Bonchev–Trinajstić information content (AvgIpc) is 3.40. The van der Waals surface area contributed by atoms with Crippen LogP contribution in [0.25, 0.3) is 22.6 Å². The Balaban J connectivity index is 1.60. The van der Waals surface area contributed by atoms with Crippen LogP contribution in [-0.2, 0) is 0 Å². The van der Waals surface area contributed by atoms with Crippen LogP contribution in [0.1, 0.15) is 44.4 Å². The molecular weight excluding hydrogens is 450 g/mol. The van der Waals surface area contributed by atoms with Crippen molar-refractivity contribution in [1.82, 2.24) is 4.98 Å². The van der Waals surface area contributed by atoms with Gasteiger partial charge in [0.15, 0.2) is 5.58 Å². The lowest BCUT2D eigenvalue weighted by atomic mass is 10.1. The van der Waals surface area contributed by atoms with Crippen molar-refractivity contribution in [3.8, 4) is 17.2 Å². The Morgan fingerprint density at radius 3 is 2.57 bits per heavy atom. The molecule has 0 fully saturated rings. The third kappa shape index (κ3) is 3.76.